The fraction of sp³-hybridized carbons (Fsp3) is 0.385. The number of aryl methyl sites for hydroxylation is 1. The van der Waals surface area contributed by atoms with Gasteiger partial charge < -0.3 is 14.4 Å². The van der Waals surface area contributed by atoms with Crippen LogP contribution >= 0.6 is 15.9 Å². The van der Waals surface area contributed by atoms with Crippen LogP contribution in [0.15, 0.2) is 22.7 Å². The summed E-state index contributed by atoms with van der Waals surface area (Å²) in [7, 11) is 1.65. The zero-order valence-corrected chi connectivity index (χ0v) is 12.5. The van der Waals surface area contributed by atoms with E-state index in [0.717, 1.165) is 21.4 Å². The van der Waals surface area contributed by atoms with Crippen molar-refractivity contribution in [3.05, 3.63) is 34.1 Å². The van der Waals surface area contributed by atoms with Gasteiger partial charge in [0.25, 0.3) is 0 Å². The maximum Gasteiger partial charge on any atom is 0.164 e. The Hall–Kier alpha value is -1.24. The standard InChI is InChI=1S/C13H16BrN3O2/c1-9-7-10(3-4-11(9)14)13-16-15-12(8-18)17(13)5-6-19-2/h3-4,7,18H,5-6,8H2,1-2H3. The van der Waals surface area contributed by atoms with Gasteiger partial charge in [0.15, 0.2) is 11.6 Å². The molecule has 5 nitrogen and oxygen atoms in total. The number of nitrogens with zero attached hydrogens (tertiary/aromatic N) is 3. The minimum absolute atomic E-state index is 0.133. The highest BCUT2D eigenvalue weighted by Gasteiger charge is 2.13. The fourth-order valence-corrected chi connectivity index (χ4v) is 2.11. The Kier molecular flexibility index (Phi) is 4.68. The van der Waals surface area contributed by atoms with E-state index in [1.807, 2.05) is 29.7 Å². The third kappa shape index (κ3) is 3.02. The molecule has 0 fully saturated rings. The number of aliphatic hydroxyl groups excluding tert-OH is 1. The van der Waals surface area contributed by atoms with E-state index in [0.29, 0.717) is 19.0 Å². The number of aromatic nitrogens is 3. The second-order valence-electron chi connectivity index (χ2n) is 4.21. The predicted molar refractivity (Wildman–Crippen MR) is 75.7 cm³/mol. The third-order valence-electron chi connectivity index (χ3n) is 2.90. The molecule has 102 valence electrons. The summed E-state index contributed by atoms with van der Waals surface area (Å²) in [5, 5.41) is 17.5. The zero-order valence-electron chi connectivity index (χ0n) is 10.9. The summed E-state index contributed by atoms with van der Waals surface area (Å²) < 4.78 is 8.02. The van der Waals surface area contributed by atoms with E-state index >= 15 is 0 Å². The second kappa shape index (κ2) is 6.27. The number of hydrogen-bond donors (Lipinski definition) is 1. The van der Waals surface area contributed by atoms with Crippen LogP contribution in [0, 0.1) is 6.92 Å². The van der Waals surface area contributed by atoms with Gasteiger partial charge in [-0.2, -0.15) is 0 Å². The molecule has 0 unspecified atom stereocenters. The van der Waals surface area contributed by atoms with Crippen molar-refractivity contribution in [1.82, 2.24) is 14.8 Å². The Balaban J connectivity index is 2.42. The first-order valence-electron chi connectivity index (χ1n) is 5.95. The Morgan fingerprint density at radius 1 is 1.37 bits per heavy atom. The highest BCUT2D eigenvalue weighted by atomic mass is 79.9. The molecular weight excluding hydrogens is 310 g/mol. The quantitative estimate of drug-likeness (QED) is 0.915. The van der Waals surface area contributed by atoms with Crippen LogP contribution in [0.4, 0.5) is 0 Å². The fourth-order valence-electron chi connectivity index (χ4n) is 1.87. The molecule has 0 bridgehead atoms. The molecule has 6 heteroatoms. The van der Waals surface area contributed by atoms with Crippen LogP contribution in [0.5, 0.6) is 0 Å². The van der Waals surface area contributed by atoms with E-state index in [9.17, 15) is 5.11 Å². The first-order valence-corrected chi connectivity index (χ1v) is 6.75. The van der Waals surface area contributed by atoms with Gasteiger partial charge in [0.05, 0.1) is 6.61 Å². The normalized spacial score (nSPS) is 10.9. The maximum atomic E-state index is 9.31. The SMILES string of the molecule is COCCn1c(CO)nnc1-c1ccc(Br)c(C)c1. The minimum Gasteiger partial charge on any atom is -0.388 e. The van der Waals surface area contributed by atoms with Crippen LogP contribution in [-0.4, -0.2) is 33.6 Å². The van der Waals surface area contributed by atoms with E-state index in [2.05, 4.69) is 26.1 Å². The van der Waals surface area contributed by atoms with Gasteiger partial charge in [-0.1, -0.05) is 22.0 Å². The van der Waals surface area contributed by atoms with Gasteiger partial charge in [-0.3, -0.25) is 0 Å². The number of ether oxygens (including phenoxy) is 1. The Morgan fingerprint density at radius 3 is 2.79 bits per heavy atom. The smallest absolute Gasteiger partial charge is 0.164 e. The van der Waals surface area contributed by atoms with Crippen molar-refractivity contribution in [2.45, 2.75) is 20.1 Å². The van der Waals surface area contributed by atoms with Crippen molar-refractivity contribution in [3.63, 3.8) is 0 Å². The number of rotatable bonds is 5. The van der Waals surface area contributed by atoms with Crippen molar-refractivity contribution < 1.29 is 9.84 Å². The van der Waals surface area contributed by atoms with Gasteiger partial charge in [-0.05, 0) is 24.6 Å². The van der Waals surface area contributed by atoms with Crippen LogP contribution in [0.1, 0.15) is 11.4 Å². The minimum atomic E-state index is -0.133. The Labute approximate surface area is 120 Å². The van der Waals surface area contributed by atoms with Crippen molar-refractivity contribution in [1.29, 1.82) is 0 Å². The largest absolute Gasteiger partial charge is 0.388 e. The van der Waals surface area contributed by atoms with E-state index in [4.69, 9.17) is 4.74 Å². The molecule has 2 aromatic rings. The summed E-state index contributed by atoms with van der Waals surface area (Å²) in [5.74, 6) is 1.30. The highest BCUT2D eigenvalue weighted by molar-refractivity contribution is 9.10. The molecule has 0 atom stereocenters. The molecular formula is C13H16BrN3O2. The molecule has 1 heterocycles. The van der Waals surface area contributed by atoms with Crippen molar-refractivity contribution >= 4 is 15.9 Å². The summed E-state index contributed by atoms with van der Waals surface area (Å²) >= 11 is 3.48. The lowest BCUT2D eigenvalue weighted by Gasteiger charge is -2.09. The van der Waals surface area contributed by atoms with E-state index in [1.54, 1.807) is 7.11 Å². The predicted octanol–water partition coefficient (Wildman–Crippen LogP) is 2.15. The van der Waals surface area contributed by atoms with Crippen LogP contribution in [0.25, 0.3) is 11.4 Å². The first kappa shape index (κ1) is 14.2. The number of hydrogen-bond acceptors (Lipinski definition) is 4. The van der Waals surface area contributed by atoms with Crippen molar-refractivity contribution in [2.24, 2.45) is 0 Å². The van der Waals surface area contributed by atoms with Gasteiger partial charge in [-0.15, -0.1) is 10.2 Å². The average Bonchev–Trinajstić information content (AvgIpc) is 2.82. The van der Waals surface area contributed by atoms with Gasteiger partial charge in [0, 0.05) is 23.7 Å². The molecule has 2 rings (SSSR count). The summed E-state index contributed by atoms with van der Waals surface area (Å²) in [6.45, 7) is 3.06. The zero-order chi connectivity index (χ0) is 13.8. The monoisotopic (exact) mass is 325 g/mol. The molecule has 0 saturated carbocycles. The van der Waals surface area contributed by atoms with Crippen LogP contribution < -0.4 is 0 Å². The van der Waals surface area contributed by atoms with Crippen molar-refractivity contribution in [3.8, 4) is 11.4 Å². The lowest BCUT2D eigenvalue weighted by Crippen LogP contribution is -2.10. The van der Waals surface area contributed by atoms with E-state index in [-0.39, 0.29) is 6.61 Å². The maximum absolute atomic E-state index is 9.31. The molecule has 1 aromatic heterocycles. The molecule has 0 spiro atoms. The van der Waals surface area contributed by atoms with E-state index in [1.165, 1.54) is 0 Å². The number of benzene rings is 1. The number of aliphatic hydroxyl groups is 1. The Bertz CT molecular complexity index is 569. The number of methoxy groups -OCH3 is 1. The lowest BCUT2D eigenvalue weighted by molar-refractivity contribution is 0.183. The number of halogens is 1. The van der Waals surface area contributed by atoms with Gasteiger partial charge >= 0.3 is 0 Å². The summed E-state index contributed by atoms with van der Waals surface area (Å²) in [5.41, 5.74) is 2.10. The van der Waals surface area contributed by atoms with Gasteiger partial charge in [0.1, 0.15) is 6.61 Å². The molecule has 0 saturated heterocycles. The topological polar surface area (TPSA) is 60.2 Å². The van der Waals surface area contributed by atoms with Gasteiger partial charge in [0.2, 0.25) is 0 Å². The van der Waals surface area contributed by atoms with Crippen LogP contribution in [-0.2, 0) is 17.9 Å². The Morgan fingerprint density at radius 2 is 2.16 bits per heavy atom. The van der Waals surface area contributed by atoms with E-state index < -0.39 is 0 Å². The third-order valence-corrected chi connectivity index (χ3v) is 3.79. The summed E-state index contributed by atoms with van der Waals surface area (Å²) in [6.07, 6.45) is 0. The van der Waals surface area contributed by atoms with Crippen molar-refractivity contribution in [2.75, 3.05) is 13.7 Å². The molecule has 0 aliphatic carbocycles. The molecule has 1 aromatic carbocycles. The van der Waals surface area contributed by atoms with Crippen LogP contribution in [0.3, 0.4) is 0 Å². The molecule has 0 radical (unpaired) electrons. The first-order chi connectivity index (χ1) is 9.17. The highest BCUT2D eigenvalue weighted by Crippen LogP contribution is 2.24. The molecule has 0 aliphatic heterocycles. The molecule has 0 aliphatic rings. The molecule has 19 heavy (non-hydrogen) atoms. The average molecular weight is 326 g/mol. The van der Waals surface area contributed by atoms with Crippen LogP contribution in [0.2, 0.25) is 0 Å². The lowest BCUT2D eigenvalue weighted by atomic mass is 10.1. The van der Waals surface area contributed by atoms with Gasteiger partial charge in [-0.25, -0.2) is 0 Å². The summed E-state index contributed by atoms with van der Waals surface area (Å²) in [6, 6.07) is 6.00. The second-order valence-corrected chi connectivity index (χ2v) is 5.06. The summed E-state index contributed by atoms with van der Waals surface area (Å²) in [4.78, 5) is 0. The molecule has 0 amide bonds. The molecule has 1 N–H and O–H groups in total.